The number of aryl methyl sites for hydroxylation is 1. The van der Waals surface area contributed by atoms with Crippen LogP contribution < -0.4 is 10.6 Å². The molecule has 0 bridgehead atoms. The van der Waals surface area contributed by atoms with E-state index in [9.17, 15) is 0 Å². The number of fused-ring (bicyclic) bond motifs is 1. The van der Waals surface area contributed by atoms with Gasteiger partial charge in [0.05, 0.1) is 5.69 Å². The maximum absolute atomic E-state index is 6.27. The molecule has 1 heterocycles. The number of hydrogen-bond donors (Lipinski definition) is 1. The summed E-state index contributed by atoms with van der Waals surface area (Å²) in [6.45, 7) is 5.74. The molecule has 112 valence electrons. The Labute approximate surface area is 126 Å². The van der Waals surface area contributed by atoms with E-state index in [1.165, 1.54) is 47.8 Å². The predicted molar refractivity (Wildman–Crippen MR) is 86.4 cm³/mol. The Morgan fingerprint density at radius 1 is 1.25 bits per heavy atom. The molecule has 0 aliphatic heterocycles. The van der Waals surface area contributed by atoms with Crippen molar-refractivity contribution in [1.29, 1.82) is 0 Å². The topological polar surface area (TPSA) is 42.2 Å². The van der Waals surface area contributed by atoms with Crippen LogP contribution in [0.1, 0.15) is 69.0 Å². The molecule has 1 aromatic heterocycles. The minimum atomic E-state index is 0.231. The molecule has 1 fully saturated rings. The van der Waals surface area contributed by atoms with Crippen LogP contribution in [0.4, 0.5) is 5.13 Å². The molecule has 0 saturated heterocycles. The molecule has 3 rings (SSSR count). The van der Waals surface area contributed by atoms with E-state index < -0.39 is 0 Å². The van der Waals surface area contributed by atoms with Crippen LogP contribution in [0.5, 0.6) is 0 Å². The standard InChI is InChI=1S/C16H27N3S/c1-11(2)10-19(12-6-3-4-7-12)16-18-14-9-5-8-13(17)15(14)20-16/h11-13H,3-10,17H2,1-2H3. The normalized spacial score (nSPS) is 23.3. The summed E-state index contributed by atoms with van der Waals surface area (Å²) in [6.07, 6.45) is 8.88. The molecular weight excluding hydrogens is 266 g/mol. The summed E-state index contributed by atoms with van der Waals surface area (Å²) in [5.41, 5.74) is 7.55. The van der Waals surface area contributed by atoms with Gasteiger partial charge in [0, 0.05) is 23.5 Å². The zero-order valence-electron chi connectivity index (χ0n) is 12.8. The van der Waals surface area contributed by atoms with Gasteiger partial charge < -0.3 is 10.6 Å². The van der Waals surface area contributed by atoms with E-state index in [0.717, 1.165) is 19.4 Å². The Bertz CT molecular complexity index is 449. The van der Waals surface area contributed by atoms with E-state index in [1.807, 2.05) is 11.3 Å². The quantitative estimate of drug-likeness (QED) is 0.916. The maximum Gasteiger partial charge on any atom is 0.186 e. The zero-order chi connectivity index (χ0) is 14.1. The summed E-state index contributed by atoms with van der Waals surface area (Å²) in [4.78, 5) is 8.91. The highest BCUT2D eigenvalue weighted by molar-refractivity contribution is 7.15. The lowest BCUT2D eigenvalue weighted by Gasteiger charge is -2.30. The highest BCUT2D eigenvalue weighted by atomic mass is 32.1. The van der Waals surface area contributed by atoms with Crippen LogP contribution in [0.2, 0.25) is 0 Å². The summed E-state index contributed by atoms with van der Waals surface area (Å²) in [5, 5.41) is 1.24. The minimum Gasteiger partial charge on any atom is -0.345 e. The van der Waals surface area contributed by atoms with E-state index in [1.54, 1.807) is 0 Å². The van der Waals surface area contributed by atoms with E-state index in [0.29, 0.717) is 12.0 Å². The lowest BCUT2D eigenvalue weighted by Crippen LogP contribution is -2.36. The number of rotatable bonds is 4. The molecule has 1 atom stereocenters. The van der Waals surface area contributed by atoms with Gasteiger partial charge in [-0.1, -0.05) is 38.0 Å². The molecule has 1 unspecified atom stereocenters. The first-order valence-electron chi connectivity index (χ1n) is 8.17. The molecule has 1 saturated carbocycles. The summed E-state index contributed by atoms with van der Waals surface area (Å²) >= 11 is 1.87. The average Bonchev–Trinajstić information content (AvgIpc) is 3.05. The highest BCUT2D eigenvalue weighted by Gasteiger charge is 2.28. The van der Waals surface area contributed by atoms with Crippen molar-refractivity contribution in [2.24, 2.45) is 11.7 Å². The fraction of sp³-hybridized carbons (Fsp3) is 0.812. The van der Waals surface area contributed by atoms with Crippen molar-refractivity contribution in [3.8, 4) is 0 Å². The van der Waals surface area contributed by atoms with Crippen molar-refractivity contribution in [3.05, 3.63) is 10.6 Å². The summed E-state index contributed by atoms with van der Waals surface area (Å²) in [5.74, 6) is 0.685. The van der Waals surface area contributed by atoms with Crippen LogP contribution in [-0.2, 0) is 6.42 Å². The molecule has 0 spiro atoms. The summed E-state index contributed by atoms with van der Waals surface area (Å²) in [6, 6.07) is 0.940. The Hall–Kier alpha value is -0.610. The van der Waals surface area contributed by atoms with Crippen molar-refractivity contribution in [1.82, 2.24) is 4.98 Å². The first-order chi connectivity index (χ1) is 9.65. The average molecular weight is 293 g/mol. The number of anilines is 1. The number of nitrogens with two attached hydrogens (primary N) is 1. The molecule has 0 aromatic carbocycles. The van der Waals surface area contributed by atoms with Crippen LogP contribution in [-0.4, -0.2) is 17.6 Å². The van der Waals surface area contributed by atoms with Crippen molar-refractivity contribution in [2.75, 3.05) is 11.4 Å². The second-order valence-corrected chi connectivity index (χ2v) is 7.80. The largest absolute Gasteiger partial charge is 0.345 e. The summed E-state index contributed by atoms with van der Waals surface area (Å²) in [7, 11) is 0. The minimum absolute atomic E-state index is 0.231. The molecule has 1 aromatic rings. The smallest absolute Gasteiger partial charge is 0.186 e. The van der Waals surface area contributed by atoms with Crippen LogP contribution in [0.15, 0.2) is 0 Å². The molecule has 4 heteroatoms. The van der Waals surface area contributed by atoms with Gasteiger partial charge in [-0.15, -0.1) is 0 Å². The van der Waals surface area contributed by atoms with Gasteiger partial charge in [-0.3, -0.25) is 0 Å². The fourth-order valence-electron chi connectivity index (χ4n) is 3.56. The Morgan fingerprint density at radius 3 is 2.65 bits per heavy atom. The lowest BCUT2D eigenvalue weighted by molar-refractivity contribution is 0.533. The van der Waals surface area contributed by atoms with Crippen LogP contribution in [0.25, 0.3) is 0 Å². The van der Waals surface area contributed by atoms with Crippen molar-refractivity contribution in [3.63, 3.8) is 0 Å². The Morgan fingerprint density at radius 2 is 2.00 bits per heavy atom. The predicted octanol–water partition coefficient (Wildman–Crippen LogP) is 3.88. The van der Waals surface area contributed by atoms with Gasteiger partial charge in [0.1, 0.15) is 0 Å². The van der Waals surface area contributed by atoms with E-state index in [-0.39, 0.29) is 6.04 Å². The number of hydrogen-bond acceptors (Lipinski definition) is 4. The lowest BCUT2D eigenvalue weighted by atomic mass is 9.99. The third-order valence-electron chi connectivity index (χ3n) is 4.55. The molecule has 0 radical (unpaired) electrons. The van der Waals surface area contributed by atoms with Gasteiger partial charge in [0.25, 0.3) is 0 Å². The first-order valence-corrected chi connectivity index (χ1v) is 8.98. The van der Waals surface area contributed by atoms with Gasteiger partial charge >= 0.3 is 0 Å². The Kier molecular flexibility index (Phi) is 4.32. The SMILES string of the molecule is CC(C)CN(c1nc2c(s1)C(N)CCC2)C1CCCC1. The number of aromatic nitrogens is 1. The zero-order valence-corrected chi connectivity index (χ0v) is 13.6. The van der Waals surface area contributed by atoms with Crippen LogP contribution in [0, 0.1) is 5.92 Å². The van der Waals surface area contributed by atoms with Gasteiger partial charge in [-0.25, -0.2) is 4.98 Å². The fourth-order valence-corrected chi connectivity index (χ4v) is 4.78. The summed E-state index contributed by atoms with van der Waals surface area (Å²) < 4.78 is 0. The van der Waals surface area contributed by atoms with Crippen molar-refractivity contribution >= 4 is 16.5 Å². The molecule has 3 nitrogen and oxygen atoms in total. The van der Waals surface area contributed by atoms with E-state index >= 15 is 0 Å². The third kappa shape index (κ3) is 2.86. The molecular formula is C16H27N3S. The van der Waals surface area contributed by atoms with Crippen molar-refractivity contribution in [2.45, 2.75) is 70.9 Å². The monoisotopic (exact) mass is 293 g/mol. The Balaban J connectivity index is 1.86. The molecule has 2 N–H and O–H groups in total. The molecule has 2 aliphatic rings. The number of thiazole rings is 1. The van der Waals surface area contributed by atoms with Gasteiger partial charge in [0.15, 0.2) is 5.13 Å². The van der Waals surface area contributed by atoms with Gasteiger partial charge in [0.2, 0.25) is 0 Å². The first kappa shape index (κ1) is 14.3. The van der Waals surface area contributed by atoms with Gasteiger partial charge in [-0.2, -0.15) is 0 Å². The second kappa shape index (κ2) is 6.02. The van der Waals surface area contributed by atoms with Crippen LogP contribution >= 0.6 is 11.3 Å². The van der Waals surface area contributed by atoms with Crippen molar-refractivity contribution < 1.29 is 0 Å². The van der Waals surface area contributed by atoms with Crippen LogP contribution in [0.3, 0.4) is 0 Å². The third-order valence-corrected chi connectivity index (χ3v) is 5.82. The molecule has 0 amide bonds. The highest BCUT2D eigenvalue weighted by Crippen LogP contribution is 2.38. The van der Waals surface area contributed by atoms with E-state index in [4.69, 9.17) is 10.7 Å². The van der Waals surface area contributed by atoms with E-state index in [2.05, 4.69) is 18.7 Å². The molecule has 2 aliphatic carbocycles. The second-order valence-electron chi connectivity index (χ2n) is 6.79. The molecule has 20 heavy (non-hydrogen) atoms. The van der Waals surface area contributed by atoms with Gasteiger partial charge in [-0.05, 0) is 38.0 Å². The maximum atomic E-state index is 6.27. The number of nitrogens with zero attached hydrogens (tertiary/aromatic N) is 2.